The van der Waals surface area contributed by atoms with Crippen molar-refractivity contribution in [2.45, 2.75) is 57.0 Å². The van der Waals surface area contributed by atoms with Gasteiger partial charge in [0.15, 0.2) is 0 Å². The van der Waals surface area contributed by atoms with Gasteiger partial charge in [-0.15, -0.1) is 0 Å². The maximum atomic E-state index is 13.1. The molecule has 1 aliphatic carbocycles. The summed E-state index contributed by atoms with van der Waals surface area (Å²) in [4.78, 5) is 36.5. The Morgan fingerprint density at radius 2 is 1.47 bits per heavy atom. The molecule has 0 heterocycles. The number of halogens is 5. The molecule has 2 aromatic carbocycles. The summed E-state index contributed by atoms with van der Waals surface area (Å²) in [5.74, 6) is -6.54. The monoisotopic (exact) mass is 612 g/mol. The van der Waals surface area contributed by atoms with Crippen LogP contribution in [-0.4, -0.2) is 43.2 Å². The summed E-state index contributed by atoms with van der Waals surface area (Å²) in [6.07, 6.45) is -2.04. The number of nitrogens with two attached hydrogens (primary N) is 2. The van der Waals surface area contributed by atoms with Crippen molar-refractivity contribution in [2.75, 3.05) is 24.7 Å². The number of alkyl halides is 5. The summed E-state index contributed by atoms with van der Waals surface area (Å²) in [5, 5.41) is 0. The average molecular weight is 613 g/mol. The summed E-state index contributed by atoms with van der Waals surface area (Å²) in [6, 6.07) is 10.7. The molecule has 0 aliphatic heterocycles. The van der Waals surface area contributed by atoms with Crippen LogP contribution < -0.4 is 16.2 Å². The number of carbonyl (C=O) groups is 3. The molecule has 0 atom stereocenters. The van der Waals surface area contributed by atoms with E-state index >= 15 is 0 Å². The minimum Gasteiger partial charge on any atom is -0.459 e. The molecule has 0 saturated heterocycles. The minimum atomic E-state index is -5.54. The van der Waals surface area contributed by atoms with Crippen LogP contribution >= 0.6 is 0 Å². The largest absolute Gasteiger partial charge is 0.459 e. The fraction of sp³-hybridized carbons (Fsp3) is 0.433. The Labute approximate surface area is 245 Å². The summed E-state index contributed by atoms with van der Waals surface area (Å²) in [6.45, 7) is -0.340. The smallest absolute Gasteiger partial charge is 0.453 e. The highest BCUT2D eigenvalue weighted by Gasteiger charge is 2.56. The van der Waals surface area contributed by atoms with Crippen molar-refractivity contribution in [3.8, 4) is 5.75 Å². The van der Waals surface area contributed by atoms with E-state index in [0.29, 0.717) is 48.4 Å². The van der Waals surface area contributed by atoms with Gasteiger partial charge in [0.05, 0.1) is 11.5 Å². The fourth-order valence-corrected chi connectivity index (χ4v) is 4.65. The first-order valence-electron chi connectivity index (χ1n) is 13.7. The lowest BCUT2D eigenvalue weighted by Crippen LogP contribution is -2.36. The molecule has 1 fully saturated rings. The van der Waals surface area contributed by atoms with Gasteiger partial charge in [-0.05, 0) is 80.0 Å². The van der Waals surface area contributed by atoms with Crippen LogP contribution in [0.5, 0.6) is 5.75 Å². The predicted molar refractivity (Wildman–Crippen MR) is 148 cm³/mol. The van der Waals surface area contributed by atoms with E-state index in [4.69, 9.17) is 25.7 Å². The first kappa shape index (κ1) is 33.3. The Kier molecular flexibility index (Phi) is 11.5. The third-order valence-electron chi connectivity index (χ3n) is 6.98. The van der Waals surface area contributed by atoms with Crippen molar-refractivity contribution >= 4 is 35.4 Å². The maximum Gasteiger partial charge on any atom is 0.453 e. The highest BCUT2D eigenvalue weighted by atomic mass is 19.4. The van der Waals surface area contributed by atoms with E-state index in [-0.39, 0.29) is 43.5 Å². The van der Waals surface area contributed by atoms with E-state index < -0.39 is 36.4 Å². The van der Waals surface area contributed by atoms with Crippen LogP contribution in [0.4, 0.5) is 33.3 Å². The lowest BCUT2D eigenvalue weighted by molar-refractivity contribution is -0.284. The first-order valence-corrected chi connectivity index (χ1v) is 13.7. The van der Waals surface area contributed by atoms with E-state index in [9.17, 15) is 36.3 Å². The molecule has 2 aromatic rings. The number of ether oxygens (including phenoxy) is 3. The molecule has 0 spiro atoms. The first-order chi connectivity index (χ1) is 20.2. The molecular weight excluding hydrogens is 579 g/mol. The van der Waals surface area contributed by atoms with Crippen molar-refractivity contribution in [3.05, 3.63) is 59.7 Å². The van der Waals surface area contributed by atoms with Gasteiger partial charge in [0, 0.05) is 23.9 Å². The van der Waals surface area contributed by atoms with Crippen LogP contribution in [0, 0.1) is 11.8 Å². The molecule has 13 heteroatoms. The van der Waals surface area contributed by atoms with Crippen molar-refractivity contribution in [3.63, 3.8) is 0 Å². The number of nitrogen functional groups attached to an aromatic ring is 2. The van der Waals surface area contributed by atoms with Crippen LogP contribution in [0.25, 0.3) is 6.08 Å². The van der Waals surface area contributed by atoms with E-state index in [2.05, 4.69) is 0 Å². The molecule has 234 valence electrons. The Balaban J connectivity index is 1.33. The molecule has 43 heavy (non-hydrogen) atoms. The van der Waals surface area contributed by atoms with Gasteiger partial charge in [0.1, 0.15) is 19.0 Å². The molecule has 0 bridgehead atoms. The molecule has 8 nitrogen and oxygen atoms in total. The van der Waals surface area contributed by atoms with Crippen molar-refractivity contribution in [1.82, 2.24) is 0 Å². The maximum absolute atomic E-state index is 13.1. The van der Waals surface area contributed by atoms with E-state index in [1.807, 2.05) is 0 Å². The van der Waals surface area contributed by atoms with E-state index in [1.54, 1.807) is 24.3 Å². The summed E-state index contributed by atoms with van der Waals surface area (Å²) in [7, 11) is 0. The molecule has 3 rings (SSSR count). The number of esters is 3. The number of rotatable bonds is 12. The van der Waals surface area contributed by atoms with Gasteiger partial charge in [-0.25, -0.2) is 9.59 Å². The molecule has 0 aromatic heterocycles. The molecule has 1 aliphatic rings. The van der Waals surface area contributed by atoms with Crippen LogP contribution in [0.1, 0.15) is 60.9 Å². The summed E-state index contributed by atoms with van der Waals surface area (Å²) >= 11 is 0. The lowest BCUT2D eigenvalue weighted by Gasteiger charge is -2.28. The standard InChI is InChI=1S/C30H33F5N2O6/c31-29(32,30(33,34)35)13-1-2-19-3-8-21(9-4-19)28(40)43-25-10-5-20(6-11-25)7-12-26(38)41-14-15-42-27(39)22-16-23(36)18-24(37)17-22/h5-7,10-12,16-19,21H,1-4,8-9,13-15,36-37H2/b12-7+. The minimum absolute atomic E-state index is 0.00474. The van der Waals surface area contributed by atoms with Crippen molar-refractivity contribution in [1.29, 1.82) is 0 Å². The fourth-order valence-electron chi connectivity index (χ4n) is 4.65. The highest BCUT2D eigenvalue weighted by Crippen LogP contribution is 2.40. The molecule has 4 N–H and O–H groups in total. The van der Waals surface area contributed by atoms with E-state index in [1.165, 1.54) is 30.4 Å². The topological polar surface area (TPSA) is 131 Å². The van der Waals surface area contributed by atoms with Crippen LogP contribution in [-0.2, 0) is 19.1 Å². The zero-order valence-corrected chi connectivity index (χ0v) is 23.2. The molecular formula is C30H33F5N2O6. The Hall–Kier alpha value is -4.16. The van der Waals surface area contributed by atoms with Gasteiger partial charge >= 0.3 is 30.0 Å². The van der Waals surface area contributed by atoms with Crippen LogP contribution in [0.3, 0.4) is 0 Å². The second-order valence-electron chi connectivity index (χ2n) is 10.3. The number of benzene rings is 2. The Morgan fingerprint density at radius 1 is 0.860 bits per heavy atom. The van der Waals surface area contributed by atoms with Crippen LogP contribution in [0.15, 0.2) is 48.5 Å². The third-order valence-corrected chi connectivity index (χ3v) is 6.98. The number of hydrogen-bond acceptors (Lipinski definition) is 8. The highest BCUT2D eigenvalue weighted by molar-refractivity contribution is 5.91. The average Bonchev–Trinajstić information content (AvgIpc) is 2.94. The van der Waals surface area contributed by atoms with Gasteiger partial charge in [0.25, 0.3) is 0 Å². The number of hydrogen-bond donors (Lipinski definition) is 2. The Morgan fingerprint density at radius 3 is 2.07 bits per heavy atom. The van der Waals surface area contributed by atoms with Crippen molar-refractivity contribution in [2.24, 2.45) is 11.8 Å². The zero-order chi connectivity index (χ0) is 31.6. The third kappa shape index (κ3) is 10.6. The SMILES string of the molecule is Nc1cc(N)cc(C(=O)OCCOC(=O)/C=C/c2ccc(OC(=O)C3CCC(CCCC(F)(F)C(F)(F)F)CC3)cc2)c1. The second-order valence-corrected chi connectivity index (χ2v) is 10.3. The lowest BCUT2D eigenvalue weighted by atomic mass is 9.79. The van der Waals surface area contributed by atoms with Crippen molar-refractivity contribution < 1.29 is 50.5 Å². The van der Waals surface area contributed by atoms with Gasteiger partial charge in [0.2, 0.25) is 0 Å². The summed E-state index contributed by atoms with van der Waals surface area (Å²) in [5.41, 5.74) is 12.7. The zero-order valence-electron chi connectivity index (χ0n) is 23.2. The quantitative estimate of drug-likeness (QED) is 0.0709. The predicted octanol–water partition coefficient (Wildman–Crippen LogP) is 6.34. The molecule has 1 saturated carbocycles. The summed E-state index contributed by atoms with van der Waals surface area (Å²) < 4.78 is 78.5. The van der Waals surface area contributed by atoms with Gasteiger partial charge in [-0.2, -0.15) is 22.0 Å². The number of anilines is 2. The van der Waals surface area contributed by atoms with Gasteiger partial charge < -0.3 is 25.7 Å². The molecule has 0 radical (unpaired) electrons. The van der Waals surface area contributed by atoms with E-state index in [0.717, 1.165) is 0 Å². The second kappa shape index (κ2) is 14.8. The van der Waals surface area contributed by atoms with Crippen LogP contribution in [0.2, 0.25) is 0 Å². The number of carbonyl (C=O) groups excluding carboxylic acids is 3. The van der Waals surface area contributed by atoms with Gasteiger partial charge in [-0.1, -0.05) is 18.6 Å². The molecule has 0 unspecified atom stereocenters. The normalized spacial score (nSPS) is 17.4. The molecule has 0 amide bonds. The Bertz CT molecular complexity index is 1270. The van der Waals surface area contributed by atoms with Gasteiger partial charge in [-0.3, -0.25) is 4.79 Å².